The minimum Gasteiger partial charge on any atom is -0.508 e. The number of benzene rings is 1. The van der Waals surface area contributed by atoms with Gasteiger partial charge in [0.15, 0.2) is 0 Å². The molecule has 0 bridgehead atoms. The lowest BCUT2D eigenvalue weighted by atomic mass is 10.1. The van der Waals surface area contributed by atoms with E-state index < -0.39 is 6.04 Å². The number of aromatic hydroxyl groups is 1. The second-order valence-electron chi connectivity index (χ2n) is 4.10. The van der Waals surface area contributed by atoms with Gasteiger partial charge in [-0.3, -0.25) is 4.79 Å². The molecule has 0 heterocycles. The number of hydrogen-bond acceptors (Lipinski definition) is 5. The zero-order chi connectivity index (χ0) is 14.1. The Morgan fingerprint density at radius 3 is 2.63 bits per heavy atom. The van der Waals surface area contributed by atoms with Gasteiger partial charge in [-0.05, 0) is 24.1 Å². The first-order valence-corrected chi connectivity index (χ1v) is 6.13. The molecule has 6 nitrogen and oxygen atoms in total. The van der Waals surface area contributed by atoms with Gasteiger partial charge in [0.25, 0.3) is 0 Å². The highest BCUT2D eigenvalue weighted by Crippen LogP contribution is 2.10. The van der Waals surface area contributed by atoms with Gasteiger partial charge in [0.2, 0.25) is 5.91 Å². The molecule has 0 saturated heterocycles. The highest BCUT2D eigenvalue weighted by molar-refractivity contribution is 5.81. The van der Waals surface area contributed by atoms with Gasteiger partial charge in [0, 0.05) is 6.54 Å². The number of phenols is 1. The molecule has 19 heavy (non-hydrogen) atoms. The molecule has 1 unspecified atom stereocenters. The number of nitrogens with two attached hydrogens (primary N) is 1. The number of ether oxygens (including phenoxy) is 1. The third kappa shape index (κ3) is 6.19. The van der Waals surface area contributed by atoms with E-state index in [0.717, 1.165) is 5.56 Å². The fourth-order valence-corrected chi connectivity index (χ4v) is 1.52. The fraction of sp³-hybridized carbons (Fsp3) is 0.462. The molecule has 5 N–H and O–H groups in total. The Hall–Kier alpha value is -1.63. The maximum Gasteiger partial charge on any atom is 0.237 e. The van der Waals surface area contributed by atoms with Crippen LogP contribution in [0.3, 0.4) is 0 Å². The van der Waals surface area contributed by atoms with Crippen molar-refractivity contribution in [2.45, 2.75) is 12.5 Å². The summed E-state index contributed by atoms with van der Waals surface area (Å²) in [6.45, 7) is 0.935. The number of aliphatic hydroxyl groups is 1. The maximum absolute atomic E-state index is 11.7. The Labute approximate surface area is 112 Å². The average molecular weight is 268 g/mol. The molecule has 1 amide bonds. The molecule has 6 heteroatoms. The van der Waals surface area contributed by atoms with Gasteiger partial charge < -0.3 is 26.0 Å². The van der Waals surface area contributed by atoms with E-state index in [2.05, 4.69) is 5.32 Å². The number of phenolic OH excluding ortho intramolecular Hbond substituents is 1. The molecule has 1 rings (SSSR count). The molecule has 0 aliphatic carbocycles. The number of amides is 1. The monoisotopic (exact) mass is 268 g/mol. The summed E-state index contributed by atoms with van der Waals surface area (Å²) in [5.41, 5.74) is 6.66. The number of carbonyl (C=O) groups excluding carboxylic acids is 1. The lowest BCUT2D eigenvalue weighted by Crippen LogP contribution is -2.43. The summed E-state index contributed by atoms with van der Waals surface area (Å²) in [6.07, 6.45) is 0.406. The fourth-order valence-electron chi connectivity index (χ4n) is 1.52. The molecule has 0 aromatic heterocycles. The summed E-state index contributed by atoms with van der Waals surface area (Å²) in [4.78, 5) is 11.7. The van der Waals surface area contributed by atoms with Crippen molar-refractivity contribution in [3.8, 4) is 5.75 Å². The van der Waals surface area contributed by atoms with Gasteiger partial charge in [-0.1, -0.05) is 12.1 Å². The second-order valence-corrected chi connectivity index (χ2v) is 4.10. The Bertz CT molecular complexity index is 381. The minimum absolute atomic E-state index is 0.0334. The summed E-state index contributed by atoms with van der Waals surface area (Å²) in [6, 6.07) is 5.94. The highest BCUT2D eigenvalue weighted by Gasteiger charge is 2.13. The van der Waals surface area contributed by atoms with E-state index in [1.165, 1.54) is 0 Å². The zero-order valence-electron chi connectivity index (χ0n) is 10.7. The van der Waals surface area contributed by atoms with E-state index in [-0.39, 0.29) is 24.9 Å². The Morgan fingerprint density at radius 1 is 1.32 bits per heavy atom. The first-order chi connectivity index (χ1) is 9.13. The van der Waals surface area contributed by atoms with Gasteiger partial charge in [-0.2, -0.15) is 0 Å². The van der Waals surface area contributed by atoms with Crippen molar-refractivity contribution in [2.24, 2.45) is 5.73 Å². The first-order valence-electron chi connectivity index (χ1n) is 6.13. The smallest absolute Gasteiger partial charge is 0.237 e. The second kappa shape index (κ2) is 8.47. The molecule has 1 aromatic rings. The van der Waals surface area contributed by atoms with Crippen molar-refractivity contribution in [2.75, 3.05) is 26.4 Å². The lowest BCUT2D eigenvalue weighted by Gasteiger charge is -2.12. The van der Waals surface area contributed by atoms with Crippen molar-refractivity contribution >= 4 is 5.91 Å². The Balaban J connectivity index is 2.26. The normalized spacial score (nSPS) is 12.1. The summed E-state index contributed by atoms with van der Waals surface area (Å²) in [5.74, 6) is -0.0662. The predicted molar refractivity (Wildman–Crippen MR) is 70.7 cm³/mol. The van der Waals surface area contributed by atoms with Gasteiger partial charge in [0.05, 0.1) is 25.9 Å². The predicted octanol–water partition coefficient (Wildman–Crippen LogP) is -0.613. The Kier molecular flexibility index (Phi) is 6.88. The molecule has 0 radical (unpaired) electrons. The third-order valence-corrected chi connectivity index (χ3v) is 2.51. The summed E-state index contributed by atoms with van der Waals surface area (Å²) in [5, 5.41) is 20.3. The largest absolute Gasteiger partial charge is 0.508 e. The number of carbonyl (C=O) groups is 1. The highest BCUT2D eigenvalue weighted by atomic mass is 16.5. The van der Waals surface area contributed by atoms with E-state index in [0.29, 0.717) is 19.6 Å². The van der Waals surface area contributed by atoms with E-state index >= 15 is 0 Å². The van der Waals surface area contributed by atoms with Crippen LogP contribution >= 0.6 is 0 Å². The van der Waals surface area contributed by atoms with Gasteiger partial charge in [-0.25, -0.2) is 0 Å². The Morgan fingerprint density at radius 2 is 2.00 bits per heavy atom. The quantitative estimate of drug-likeness (QED) is 0.471. The SMILES string of the molecule is NC(Cc1ccc(O)cc1)C(=O)NCCOCCO. The van der Waals surface area contributed by atoms with E-state index in [1.807, 2.05) is 0 Å². The van der Waals surface area contributed by atoms with Crippen LogP contribution in [0.5, 0.6) is 5.75 Å². The summed E-state index contributed by atoms with van der Waals surface area (Å²) in [7, 11) is 0. The minimum atomic E-state index is -0.637. The van der Waals surface area contributed by atoms with Crippen LogP contribution in [0.4, 0.5) is 0 Å². The zero-order valence-corrected chi connectivity index (χ0v) is 10.7. The number of hydrogen-bond donors (Lipinski definition) is 4. The molecule has 0 spiro atoms. The van der Waals surface area contributed by atoms with Crippen LogP contribution in [0, 0.1) is 0 Å². The van der Waals surface area contributed by atoms with Crippen LogP contribution in [0.25, 0.3) is 0 Å². The van der Waals surface area contributed by atoms with Crippen molar-refractivity contribution in [1.29, 1.82) is 0 Å². The van der Waals surface area contributed by atoms with Crippen LogP contribution in [0.2, 0.25) is 0 Å². The van der Waals surface area contributed by atoms with Gasteiger partial charge >= 0.3 is 0 Å². The van der Waals surface area contributed by atoms with Crippen LogP contribution in [0.1, 0.15) is 5.56 Å². The van der Waals surface area contributed by atoms with E-state index in [4.69, 9.17) is 20.7 Å². The maximum atomic E-state index is 11.7. The molecular formula is C13H20N2O4. The van der Waals surface area contributed by atoms with Crippen molar-refractivity contribution in [3.63, 3.8) is 0 Å². The number of aliphatic hydroxyl groups excluding tert-OH is 1. The topological polar surface area (TPSA) is 105 Å². The van der Waals surface area contributed by atoms with E-state index in [1.54, 1.807) is 24.3 Å². The summed E-state index contributed by atoms with van der Waals surface area (Å²) < 4.78 is 5.01. The first kappa shape index (κ1) is 15.4. The van der Waals surface area contributed by atoms with Crippen molar-refractivity contribution < 1.29 is 19.7 Å². The lowest BCUT2D eigenvalue weighted by molar-refractivity contribution is -0.122. The molecule has 0 saturated carbocycles. The molecule has 0 fully saturated rings. The molecule has 106 valence electrons. The number of rotatable bonds is 8. The third-order valence-electron chi connectivity index (χ3n) is 2.51. The van der Waals surface area contributed by atoms with Crippen LogP contribution < -0.4 is 11.1 Å². The van der Waals surface area contributed by atoms with Crippen LogP contribution in [-0.2, 0) is 16.0 Å². The molecular weight excluding hydrogens is 248 g/mol. The number of nitrogens with one attached hydrogen (secondary N) is 1. The standard InChI is InChI=1S/C13H20N2O4/c14-12(9-10-1-3-11(17)4-2-10)13(18)15-5-7-19-8-6-16/h1-4,12,16-17H,5-9,14H2,(H,15,18). The summed E-state index contributed by atoms with van der Waals surface area (Å²) >= 11 is 0. The van der Waals surface area contributed by atoms with Gasteiger partial charge in [-0.15, -0.1) is 0 Å². The molecule has 0 aliphatic heterocycles. The van der Waals surface area contributed by atoms with Crippen molar-refractivity contribution in [1.82, 2.24) is 5.32 Å². The molecule has 1 atom stereocenters. The van der Waals surface area contributed by atoms with Crippen LogP contribution in [-0.4, -0.2) is 48.5 Å². The molecule has 0 aliphatic rings. The van der Waals surface area contributed by atoms with E-state index in [9.17, 15) is 4.79 Å². The average Bonchev–Trinajstić information content (AvgIpc) is 2.41. The van der Waals surface area contributed by atoms with Crippen LogP contribution in [0.15, 0.2) is 24.3 Å². The molecule has 1 aromatic carbocycles. The van der Waals surface area contributed by atoms with Gasteiger partial charge in [0.1, 0.15) is 5.75 Å². The van der Waals surface area contributed by atoms with Crippen molar-refractivity contribution in [3.05, 3.63) is 29.8 Å².